The highest BCUT2D eigenvalue weighted by Crippen LogP contribution is 2.66. The monoisotopic (exact) mass is 166 g/mol. The summed E-state index contributed by atoms with van der Waals surface area (Å²) in [6.07, 6.45) is 2.38. The Morgan fingerprint density at radius 3 is 2.17 bits per heavy atom. The van der Waals surface area contributed by atoms with E-state index in [4.69, 9.17) is 0 Å². The number of carbonyl (C=O) groups is 1. The lowest BCUT2D eigenvalue weighted by molar-refractivity contribution is -0.126. The largest absolute Gasteiger partial charge is 0.299 e. The van der Waals surface area contributed by atoms with Crippen molar-refractivity contribution < 1.29 is 4.79 Å². The van der Waals surface area contributed by atoms with Crippen LogP contribution in [-0.2, 0) is 4.79 Å². The van der Waals surface area contributed by atoms with Crippen LogP contribution in [0.5, 0.6) is 0 Å². The Labute approximate surface area is 74.5 Å². The van der Waals surface area contributed by atoms with E-state index in [1.165, 1.54) is 6.42 Å². The molecule has 2 aliphatic rings. The fourth-order valence-electron chi connectivity index (χ4n) is 3.41. The molecule has 1 heteroatoms. The van der Waals surface area contributed by atoms with E-state index in [2.05, 4.69) is 27.7 Å². The second-order valence-corrected chi connectivity index (χ2v) is 5.35. The molecule has 2 fully saturated rings. The first-order chi connectivity index (χ1) is 5.41. The Morgan fingerprint density at radius 2 is 1.92 bits per heavy atom. The van der Waals surface area contributed by atoms with Crippen LogP contribution in [0.4, 0.5) is 0 Å². The van der Waals surface area contributed by atoms with Gasteiger partial charge in [-0.25, -0.2) is 0 Å². The molecule has 12 heavy (non-hydrogen) atoms. The van der Waals surface area contributed by atoms with E-state index in [1.807, 2.05) is 0 Å². The molecular formula is C11H18O. The molecule has 2 aliphatic carbocycles. The minimum atomic E-state index is 0.253. The first-order valence-corrected chi connectivity index (χ1v) is 4.95. The van der Waals surface area contributed by atoms with Gasteiger partial charge in [-0.05, 0) is 23.7 Å². The zero-order valence-electron chi connectivity index (χ0n) is 8.48. The molecule has 0 radical (unpaired) electrons. The fourth-order valence-corrected chi connectivity index (χ4v) is 3.41. The van der Waals surface area contributed by atoms with Gasteiger partial charge in [0.15, 0.2) is 0 Å². The van der Waals surface area contributed by atoms with Crippen LogP contribution in [0.25, 0.3) is 0 Å². The summed E-state index contributed by atoms with van der Waals surface area (Å²) in [4.78, 5) is 11.8. The molecule has 2 bridgehead atoms. The molecule has 68 valence electrons. The maximum atomic E-state index is 11.8. The van der Waals surface area contributed by atoms with Crippen LogP contribution >= 0.6 is 0 Å². The lowest BCUT2D eigenvalue weighted by Crippen LogP contribution is -2.31. The van der Waals surface area contributed by atoms with Crippen molar-refractivity contribution in [1.82, 2.24) is 0 Å². The molecule has 1 nitrogen and oxygen atoms in total. The predicted molar refractivity (Wildman–Crippen MR) is 48.8 cm³/mol. The number of hydrogen-bond acceptors (Lipinski definition) is 1. The molecule has 0 aliphatic heterocycles. The third-order valence-electron chi connectivity index (χ3n) is 5.02. The molecule has 1 unspecified atom stereocenters. The van der Waals surface area contributed by atoms with Crippen molar-refractivity contribution in [2.24, 2.45) is 22.7 Å². The Morgan fingerprint density at radius 1 is 1.33 bits per heavy atom. The standard InChI is InChI=1S/C11H18O/c1-7-9(12)8-5-6-11(7,4)10(8,2)3/h7-8H,5-6H2,1-4H3/t7?,8-,11+/m0/s1. The van der Waals surface area contributed by atoms with Crippen molar-refractivity contribution in [3.05, 3.63) is 0 Å². The fraction of sp³-hybridized carbons (Fsp3) is 0.909. The minimum absolute atomic E-state index is 0.253. The summed E-state index contributed by atoms with van der Waals surface area (Å²) in [6.45, 7) is 8.95. The van der Waals surface area contributed by atoms with E-state index in [-0.39, 0.29) is 10.8 Å². The topological polar surface area (TPSA) is 17.1 Å². The van der Waals surface area contributed by atoms with Crippen LogP contribution in [0.1, 0.15) is 40.5 Å². The van der Waals surface area contributed by atoms with E-state index < -0.39 is 0 Å². The summed E-state index contributed by atoms with van der Waals surface area (Å²) in [6, 6.07) is 0. The van der Waals surface area contributed by atoms with Gasteiger partial charge in [0, 0.05) is 11.8 Å². The van der Waals surface area contributed by atoms with Gasteiger partial charge in [0.05, 0.1) is 0 Å². The number of hydrogen-bond donors (Lipinski definition) is 0. The van der Waals surface area contributed by atoms with Gasteiger partial charge in [0.25, 0.3) is 0 Å². The quantitative estimate of drug-likeness (QED) is 0.540. The number of ketones is 1. The van der Waals surface area contributed by atoms with E-state index >= 15 is 0 Å². The number of rotatable bonds is 0. The Hall–Kier alpha value is -0.330. The lowest BCUT2D eigenvalue weighted by Gasteiger charge is -2.36. The zero-order chi connectivity index (χ0) is 9.15. The number of Topliss-reactive ketones (excluding diaryl/α,β-unsaturated/α-hetero) is 1. The van der Waals surface area contributed by atoms with Crippen molar-refractivity contribution in [3.63, 3.8) is 0 Å². The van der Waals surface area contributed by atoms with Crippen LogP contribution in [0.3, 0.4) is 0 Å². The van der Waals surface area contributed by atoms with Gasteiger partial charge in [-0.2, -0.15) is 0 Å². The van der Waals surface area contributed by atoms with Crippen LogP contribution < -0.4 is 0 Å². The maximum absolute atomic E-state index is 11.8. The normalized spacial score (nSPS) is 50.2. The van der Waals surface area contributed by atoms with Crippen LogP contribution in [-0.4, -0.2) is 5.78 Å². The molecule has 0 heterocycles. The first-order valence-electron chi connectivity index (χ1n) is 4.95. The molecule has 0 amide bonds. The van der Waals surface area contributed by atoms with Crippen molar-refractivity contribution in [2.45, 2.75) is 40.5 Å². The van der Waals surface area contributed by atoms with E-state index in [9.17, 15) is 4.79 Å². The molecular weight excluding hydrogens is 148 g/mol. The number of carbonyl (C=O) groups excluding carboxylic acids is 1. The summed E-state index contributed by atoms with van der Waals surface area (Å²) in [5.41, 5.74) is 0.540. The molecule has 2 saturated carbocycles. The molecule has 2 rings (SSSR count). The molecule has 0 aromatic heterocycles. The van der Waals surface area contributed by atoms with Gasteiger partial charge < -0.3 is 0 Å². The highest BCUT2D eigenvalue weighted by atomic mass is 16.1. The average molecular weight is 166 g/mol. The Balaban J connectivity index is 2.50. The lowest BCUT2D eigenvalue weighted by atomic mass is 9.67. The molecule has 0 N–H and O–H groups in total. The zero-order valence-corrected chi connectivity index (χ0v) is 8.48. The number of fused-ring (bicyclic) bond motifs is 2. The summed E-state index contributed by atoms with van der Waals surface area (Å²) in [5, 5.41) is 0. The Kier molecular flexibility index (Phi) is 1.34. The minimum Gasteiger partial charge on any atom is -0.299 e. The smallest absolute Gasteiger partial charge is 0.139 e. The molecule has 0 spiro atoms. The molecule has 3 atom stereocenters. The summed E-state index contributed by atoms with van der Waals surface area (Å²) in [7, 11) is 0. The van der Waals surface area contributed by atoms with Gasteiger partial charge in [-0.15, -0.1) is 0 Å². The van der Waals surface area contributed by atoms with Gasteiger partial charge in [0.1, 0.15) is 5.78 Å². The second kappa shape index (κ2) is 1.94. The second-order valence-electron chi connectivity index (χ2n) is 5.35. The van der Waals surface area contributed by atoms with Crippen LogP contribution in [0, 0.1) is 22.7 Å². The van der Waals surface area contributed by atoms with Crippen LogP contribution in [0.15, 0.2) is 0 Å². The third kappa shape index (κ3) is 0.605. The Bertz CT molecular complexity index is 241. The van der Waals surface area contributed by atoms with Gasteiger partial charge >= 0.3 is 0 Å². The van der Waals surface area contributed by atoms with Gasteiger partial charge in [0.2, 0.25) is 0 Å². The molecule has 0 saturated heterocycles. The van der Waals surface area contributed by atoms with Crippen molar-refractivity contribution in [3.8, 4) is 0 Å². The first kappa shape index (κ1) is 8.28. The highest BCUT2D eigenvalue weighted by Gasteiger charge is 2.64. The third-order valence-corrected chi connectivity index (χ3v) is 5.02. The van der Waals surface area contributed by atoms with E-state index in [1.54, 1.807) is 0 Å². The van der Waals surface area contributed by atoms with Crippen LogP contribution in [0.2, 0.25) is 0 Å². The van der Waals surface area contributed by atoms with Crippen molar-refractivity contribution >= 4 is 5.78 Å². The SMILES string of the molecule is CC1C(=O)[C@@H]2CC[C@@]1(C)C2(C)C. The summed E-state index contributed by atoms with van der Waals surface area (Å²) >= 11 is 0. The van der Waals surface area contributed by atoms with Crippen molar-refractivity contribution in [2.75, 3.05) is 0 Å². The summed E-state index contributed by atoms with van der Waals surface area (Å²) in [5.74, 6) is 1.18. The predicted octanol–water partition coefficient (Wildman–Crippen LogP) is 2.65. The highest BCUT2D eigenvalue weighted by molar-refractivity contribution is 5.88. The summed E-state index contributed by atoms with van der Waals surface area (Å²) < 4.78 is 0. The van der Waals surface area contributed by atoms with Crippen molar-refractivity contribution in [1.29, 1.82) is 0 Å². The van der Waals surface area contributed by atoms with E-state index in [0.29, 0.717) is 17.6 Å². The van der Waals surface area contributed by atoms with E-state index in [0.717, 1.165) is 6.42 Å². The maximum Gasteiger partial charge on any atom is 0.139 e. The van der Waals surface area contributed by atoms with Gasteiger partial charge in [-0.1, -0.05) is 27.7 Å². The molecule has 0 aromatic rings. The molecule has 0 aromatic carbocycles. The average Bonchev–Trinajstić information content (AvgIpc) is 2.26. The van der Waals surface area contributed by atoms with Gasteiger partial charge in [-0.3, -0.25) is 4.79 Å².